The monoisotopic (exact) mass is 869 g/mol. The molecule has 5 amide bonds. The molecule has 6 aliphatic rings. The molecule has 336 valence electrons. The summed E-state index contributed by atoms with van der Waals surface area (Å²) in [5, 5.41) is 5.61. The zero-order chi connectivity index (χ0) is 43.4. The topological polar surface area (TPSA) is 196 Å². The number of fused-ring (bicyclic) bond motifs is 3. The van der Waals surface area contributed by atoms with Crippen LogP contribution >= 0.6 is 0 Å². The van der Waals surface area contributed by atoms with Gasteiger partial charge in [0, 0.05) is 38.5 Å². The molecule has 1 aromatic carbocycles. The number of alkyl carbamates (subject to hydrolysis) is 1. The molecule has 5 aliphatic heterocycles. The van der Waals surface area contributed by atoms with Gasteiger partial charge in [-0.25, -0.2) is 14.3 Å². The van der Waals surface area contributed by atoms with Crippen LogP contribution in [0, 0.1) is 5.92 Å². The number of allylic oxidation sites excluding steroid dienone is 1. The molecule has 1 unspecified atom stereocenters. The van der Waals surface area contributed by atoms with Crippen molar-refractivity contribution in [3.05, 3.63) is 47.5 Å². The zero-order valence-corrected chi connectivity index (χ0v) is 36.6. The smallest absolute Gasteiger partial charge is 0.410 e. The van der Waals surface area contributed by atoms with E-state index in [2.05, 4.69) is 32.4 Å². The highest BCUT2D eigenvalue weighted by Gasteiger charge is 2.62. The molecule has 0 aromatic heterocycles. The van der Waals surface area contributed by atoms with Gasteiger partial charge < -0.3 is 34.6 Å². The summed E-state index contributed by atoms with van der Waals surface area (Å²) in [6.07, 6.45) is 8.67. The van der Waals surface area contributed by atoms with E-state index in [1.54, 1.807) is 25.7 Å². The highest BCUT2D eigenvalue weighted by Crippen LogP contribution is 2.46. The highest BCUT2D eigenvalue weighted by molar-refractivity contribution is 7.87. The zero-order valence-electron chi connectivity index (χ0n) is 35.8. The molecule has 17 nitrogen and oxygen atoms in total. The summed E-state index contributed by atoms with van der Waals surface area (Å²) in [6, 6.07) is 5.63. The van der Waals surface area contributed by atoms with Crippen molar-refractivity contribution in [2.75, 3.05) is 59.0 Å². The minimum atomic E-state index is -4.25. The maximum atomic E-state index is 14.7. The minimum absolute atomic E-state index is 0.0754. The van der Waals surface area contributed by atoms with Crippen molar-refractivity contribution >= 4 is 40.1 Å². The van der Waals surface area contributed by atoms with Gasteiger partial charge in [0.05, 0.1) is 25.8 Å². The van der Waals surface area contributed by atoms with Gasteiger partial charge in [-0.15, -0.1) is 0 Å². The minimum Gasteiger partial charge on any atom is -0.444 e. The van der Waals surface area contributed by atoms with Crippen molar-refractivity contribution in [1.82, 2.24) is 34.4 Å². The van der Waals surface area contributed by atoms with E-state index in [-0.39, 0.29) is 58.2 Å². The number of likely N-dealkylation sites (tertiary alicyclic amines) is 1. The van der Waals surface area contributed by atoms with Gasteiger partial charge >= 0.3 is 22.4 Å². The van der Waals surface area contributed by atoms with E-state index >= 15 is 0 Å². The van der Waals surface area contributed by atoms with E-state index in [1.165, 1.54) is 16.9 Å². The molecule has 4 fully saturated rings. The lowest BCUT2D eigenvalue weighted by Gasteiger charge is -2.40. The molecule has 61 heavy (non-hydrogen) atoms. The molecule has 0 bridgehead atoms. The number of nitrogens with one attached hydrogen (secondary N) is 3. The SMILES string of the molecule is CC(C)(C)OC(=O)N[C@H]1CCCCC/C=C\[C@H]2C[C@@]2(C(=O)NS(=O)(=O)N2CCOCC2)NC(=O)[C@@H]2C[C@@H](OC(=O)N3CCc4ccccc4C3CN3CCCCC3)CN2C1=O. The normalized spacial score (nSPS) is 30.0. The Morgan fingerprint density at radius 2 is 1.70 bits per heavy atom. The molecular weight excluding hydrogens is 807 g/mol. The van der Waals surface area contributed by atoms with Crippen LogP contribution in [0.25, 0.3) is 0 Å². The maximum absolute atomic E-state index is 14.7. The van der Waals surface area contributed by atoms with Crippen LogP contribution in [0.2, 0.25) is 0 Å². The van der Waals surface area contributed by atoms with E-state index in [4.69, 9.17) is 14.2 Å². The van der Waals surface area contributed by atoms with Crippen molar-refractivity contribution < 1.29 is 46.6 Å². The Hall–Kier alpha value is -4.26. The number of hydrogen-bond donors (Lipinski definition) is 3. The van der Waals surface area contributed by atoms with Crippen LogP contribution in [0.4, 0.5) is 9.59 Å². The lowest BCUT2D eigenvalue weighted by Crippen LogP contribution is -2.59. The Morgan fingerprint density at radius 3 is 2.46 bits per heavy atom. The third kappa shape index (κ3) is 10.9. The molecular formula is C43H63N7O10S. The van der Waals surface area contributed by atoms with Crippen LogP contribution in [0.1, 0.15) is 102 Å². The van der Waals surface area contributed by atoms with Gasteiger partial charge in [-0.2, -0.15) is 12.7 Å². The Morgan fingerprint density at radius 1 is 0.967 bits per heavy atom. The lowest BCUT2D eigenvalue weighted by atomic mass is 9.92. The third-order valence-corrected chi connectivity index (χ3v) is 14.1. The fourth-order valence-corrected chi connectivity index (χ4v) is 10.5. The molecule has 1 saturated carbocycles. The second kappa shape index (κ2) is 19.0. The average molecular weight is 870 g/mol. The van der Waals surface area contributed by atoms with Gasteiger partial charge in [0.15, 0.2) is 0 Å². The number of morpholine rings is 1. The standard InChI is InChI=1S/C43H63N7O10S/c1-42(2,3)60-40(54)44-34-17-9-6-4-5-8-15-31-27-43(31,39(53)46-61(56,57)48-22-24-58-25-23-48)45-37(51)35-26-32(28-50(35)38(34)52)59-41(55)49-21-18-30-14-10-11-16-33(30)36(49)29-47-19-12-7-13-20-47/h8,10-11,14-16,31-32,34-36H,4-7,9,12-13,17-29H2,1-3H3,(H,44,54)(H,45,51)(H,46,53)/b15-8-/t31-,32+,34-,35-,36?,43+/m0/s1. The van der Waals surface area contributed by atoms with Crippen LogP contribution in [0.15, 0.2) is 36.4 Å². The summed E-state index contributed by atoms with van der Waals surface area (Å²) in [5.74, 6) is -2.61. The van der Waals surface area contributed by atoms with Crippen LogP contribution in [-0.2, 0) is 45.2 Å². The van der Waals surface area contributed by atoms with Crippen molar-refractivity contribution in [3.8, 4) is 0 Å². The number of hydrogen-bond acceptors (Lipinski definition) is 11. The molecule has 1 aliphatic carbocycles. The number of carbonyl (C=O) groups is 5. The average Bonchev–Trinajstić information content (AvgIpc) is 3.76. The molecule has 7 rings (SSSR count). The molecule has 0 spiro atoms. The Labute approximate surface area is 359 Å². The quantitative estimate of drug-likeness (QED) is 0.341. The molecule has 3 N–H and O–H groups in total. The number of ether oxygens (including phenoxy) is 3. The lowest BCUT2D eigenvalue weighted by molar-refractivity contribution is -0.141. The van der Waals surface area contributed by atoms with Crippen LogP contribution in [0.3, 0.4) is 0 Å². The van der Waals surface area contributed by atoms with Gasteiger partial charge in [0.25, 0.3) is 5.91 Å². The fourth-order valence-electron chi connectivity index (χ4n) is 9.34. The van der Waals surface area contributed by atoms with Gasteiger partial charge in [0.2, 0.25) is 11.8 Å². The molecule has 3 saturated heterocycles. The van der Waals surface area contributed by atoms with Crippen molar-refractivity contribution in [3.63, 3.8) is 0 Å². The van der Waals surface area contributed by atoms with E-state index < -0.39 is 75.4 Å². The second-order valence-electron chi connectivity index (χ2n) is 18.3. The second-order valence-corrected chi connectivity index (χ2v) is 19.9. The predicted octanol–water partition coefficient (Wildman–Crippen LogP) is 3.16. The van der Waals surface area contributed by atoms with E-state index in [1.807, 2.05) is 24.3 Å². The maximum Gasteiger partial charge on any atom is 0.410 e. The Kier molecular flexibility index (Phi) is 14.0. The van der Waals surface area contributed by atoms with Gasteiger partial charge in [-0.3, -0.25) is 19.3 Å². The van der Waals surface area contributed by atoms with Crippen LogP contribution in [0.5, 0.6) is 0 Å². The van der Waals surface area contributed by atoms with Gasteiger partial charge in [0.1, 0.15) is 29.3 Å². The molecule has 1 aromatic rings. The number of piperidine rings is 1. The number of rotatable bonds is 7. The fraction of sp³-hybridized carbons (Fsp3) is 0.698. The first-order chi connectivity index (χ1) is 29.1. The molecule has 18 heteroatoms. The van der Waals surface area contributed by atoms with Crippen molar-refractivity contribution in [2.45, 2.75) is 127 Å². The number of nitrogens with zero attached hydrogens (tertiary/aromatic N) is 4. The summed E-state index contributed by atoms with van der Waals surface area (Å²) in [6.45, 7) is 8.56. The molecule has 6 atom stereocenters. The largest absolute Gasteiger partial charge is 0.444 e. The van der Waals surface area contributed by atoms with E-state index in [0.717, 1.165) is 48.6 Å². The Bertz CT molecular complexity index is 1930. The van der Waals surface area contributed by atoms with Crippen LogP contribution in [-0.4, -0.2) is 146 Å². The summed E-state index contributed by atoms with van der Waals surface area (Å²) in [7, 11) is -4.25. The summed E-state index contributed by atoms with van der Waals surface area (Å²) >= 11 is 0. The first kappa shape index (κ1) is 44.8. The highest BCUT2D eigenvalue weighted by atomic mass is 32.2. The van der Waals surface area contributed by atoms with E-state index in [9.17, 15) is 32.4 Å². The first-order valence-corrected chi connectivity index (χ1v) is 23.5. The van der Waals surface area contributed by atoms with Crippen LogP contribution < -0.4 is 15.4 Å². The Balaban J connectivity index is 1.15. The van der Waals surface area contributed by atoms with E-state index in [0.29, 0.717) is 32.4 Å². The summed E-state index contributed by atoms with van der Waals surface area (Å²) in [4.78, 5) is 76.2. The van der Waals surface area contributed by atoms with Gasteiger partial charge in [-0.1, -0.05) is 55.7 Å². The third-order valence-electron chi connectivity index (χ3n) is 12.7. The predicted molar refractivity (Wildman–Crippen MR) is 224 cm³/mol. The summed E-state index contributed by atoms with van der Waals surface area (Å²) in [5.41, 5.74) is -0.170. The number of carbonyl (C=O) groups excluding carboxylic acids is 5. The van der Waals surface area contributed by atoms with Crippen molar-refractivity contribution in [1.29, 1.82) is 0 Å². The number of benzene rings is 1. The van der Waals surface area contributed by atoms with Gasteiger partial charge in [-0.05, 0) is 89.9 Å². The summed E-state index contributed by atoms with van der Waals surface area (Å²) < 4.78 is 47.1. The number of amides is 5. The molecule has 5 heterocycles. The first-order valence-electron chi connectivity index (χ1n) is 22.1. The molecule has 0 radical (unpaired) electrons. The van der Waals surface area contributed by atoms with Crippen molar-refractivity contribution in [2.24, 2.45) is 5.92 Å².